The number of rotatable bonds is 6. The van der Waals surface area contributed by atoms with E-state index in [1.165, 1.54) is 20.2 Å². The third-order valence-electron chi connectivity index (χ3n) is 2.39. The zero-order valence-corrected chi connectivity index (χ0v) is 11.0. The van der Waals surface area contributed by atoms with Crippen molar-refractivity contribution in [3.8, 4) is 0 Å². The van der Waals surface area contributed by atoms with E-state index in [0.717, 1.165) is 6.07 Å². The Balaban J connectivity index is 2.91. The van der Waals surface area contributed by atoms with Gasteiger partial charge in [0.2, 0.25) is 11.7 Å². The summed E-state index contributed by atoms with van der Waals surface area (Å²) in [5.41, 5.74) is -0.338. The van der Waals surface area contributed by atoms with Gasteiger partial charge in [0.25, 0.3) is 0 Å². The first kappa shape index (κ1) is 15.3. The highest BCUT2D eigenvalue weighted by Crippen LogP contribution is 2.22. The number of nitrogens with one attached hydrogen (secondary N) is 2. The van der Waals surface area contributed by atoms with Crippen LogP contribution in [-0.2, 0) is 9.53 Å². The lowest BCUT2D eigenvalue weighted by molar-refractivity contribution is -0.384. The van der Waals surface area contributed by atoms with Gasteiger partial charge in [-0.3, -0.25) is 14.9 Å². The molecule has 0 atom stereocenters. The van der Waals surface area contributed by atoms with Gasteiger partial charge in [-0.05, 0) is 6.07 Å². The number of hydrogen-bond donors (Lipinski definition) is 2. The van der Waals surface area contributed by atoms with Crippen LogP contribution in [0.15, 0.2) is 12.1 Å². The van der Waals surface area contributed by atoms with Gasteiger partial charge in [0.15, 0.2) is 5.69 Å². The number of esters is 1. The van der Waals surface area contributed by atoms with Gasteiger partial charge in [0, 0.05) is 26.1 Å². The molecule has 0 saturated heterocycles. The van der Waals surface area contributed by atoms with Crippen LogP contribution in [0.4, 0.5) is 11.5 Å². The quantitative estimate of drug-likeness (QED) is 0.437. The Kier molecular flexibility index (Phi) is 5.39. The Labute approximate surface area is 114 Å². The van der Waals surface area contributed by atoms with Crippen LogP contribution >= 0.6 is 0 Å². The van der Waals surface area contributed by atoms with Gasteiger partial charge in [0.05, 0.1) is 12.0 Å². The molecule has 0 radical (unpaired) electrons. The Morgan fingerprint density at radius 1 is 1.45 bits per heavy atom. The monoisotopic (exact) mass is 282 g/mol. The van der Waals surface area contributed by atoms with Crippen molar-refractivity contribution in [1.29, 1.82) is 0 Å². The lowest BCUT2D eigenvalue weighted by Gasteiger charge is -2.07. The molecule has 0 saturated carbocycles. The molecule has 1 rings (SSSR count). The lowest BCUT2D eigenvalue weighted by Crippen LogP contribution is -2.21. The standard InChI is InChI=1S/C11H14N4O5/c1-12-9(16)5-6-13-10-8(15(18)19)4-3-7(14-10)11(17)20-2/h3-4H,5-6H2,1-2H3,(H,12,16)(H,13,14). The summed E-state index contributed by atoms with van der Waals surface area (Å²) in [6, 6.07) is 2.36. The molecule has 9 nitrogen and oxygen atoms in total. The second-order valence-corrected chi connectivity index (χ2v) is 3.66. The molecule has 108 valence electrons. The molecular formula is C11H14N4O5. The van der Waals surface area contributed by atoms with E-state index in [2.05, 4.69) is 20.4 Å². The number of ether oxygens (including phenoxy) is 1. The maximum Gasteiger partial charge on any atom is 0.356 e. The van der Waals surface area contributed by atoms with Crippen molar-refractivity contribution < 1.29 is 19.2 Å². The normalized spacial score (nSPS) is 9.70. The van der Waals surface area contributed by atoms with E-state index in [-0.39, 0.29) is 36.1 Å². The summed E-state index contributed by atoms with van der Waals surface area (Å²) in [7, 11) is 2.67. The van der Waals surface area contributed by atoms with Gasteiger partial charge < -0.3 is 15.4 Å². The Bertz CT molecular complexity index is 532. The van der Waals surface area contributed by atoms with E-state index < -0.39 is 10.9 Å². The first-order valence-corrected chi connectivity index (χ1v) is 5.67. The van der Waals surface area contributed by atoms with Crippen molar-refractivity contribution in [2.24, 2.45) is 0 Å². The van der Waals surface area contributed by atoms with Crippen LogP contribution in [0.3, 0.4) is 0 Å². The molecule has 0 bridgehead atoms. The number of hydrogen-bond acceptors (Lipinski definition) is 7. The van der Waals surface area contributed by atoms with Crippen molar-refractivity contribution in [2.75, 3.05) is 26.0 Å². The molecule has 0 fully saturated rings. The van der Waals surface area contributed by atoms with E-state index in [1.807, 2.05) is 0 Å². The molecule has 0 aromatic carbocycles. The van der Waals surface area contributed by atoms with Crippen LogP contribution in [-0.4, -0.2) is 42.5 Å². The second kappa shape index (κ2) is 7.02. The summed E-state index contributed by atoms with van der Waals surface area (Å²) in [6.07, 6.45) is 0.123. The number of carbonyl (C=O) groups excluding carboxylic acids is 2. The number of carbonyl (C=O) groups is 2. The zero-order chi connectivity index (χ0) is 15.1. The molecule has 1 amide bonds. The summed E-state index contributed by atoms with van der Waals surface area (Å²) in [4.78, 5) is 36.4. The fourth-order valence-electron chi connectivity index (χ4n) is 1.37. The van der Waals surface area contributed by atoms with Gasteiger partial charge in [0.1, 0.15) is 0 Å². The van der Waals surface area contributed by atoms with Gasteiger partial charge in [-0.25, -0.2) is 9.78 Å². The van der Waals surface area contributed by atoms with Crippen LogP contribution < -0.4 is 10.6 Å². The van der Waals surface area contributed by atoms with Crippen LogP contribution in [0, 0.1) is 10.1 Å². The summed E-state index contributed by atoms with van der Waals surface area (Å²) in [5.74, 6) is -1.000. The first-order chi connectivity index (χ1) is 9.49. The van der Waals surface area contributed by atoms with Crippen LogP contribution in [0.25, 0.3) is 0 Å². The number of nitro groups is 1. The number of nitrogens with zero attached hydrogens (tertiary/aromatic N) is 2. The fraction of sp³-hybridized carbons (Fsp3) is 0.364. The smallest absolute Gasteiger partial charge is 0.356 e. The maximum absolute atomic E-state index is 11.3. The van der Waals surface area contributed by atoms with E-state index >= 15 is 0 Å². The number of amides is 1. The third kappa shape index (κ3) is 3.90. The summed E-state index contributed by atoms with van der Waals surface area (Å²) in [6.45, 7) is 0.151. The molecule has 0 aliphatic heterocycles. The van der Waals surface area contributed by atoms with E-state index in [9.17, 15) is 19.7 Å². The lowest BCUT2D eigenvalue weighted by atomic mass is 10.3. The van der Waals surface area contributed by atoms with Crippen LogP contribution in [0.2, 0.25) is 0 Å². The largest absolute Gasteiger partial charge is 0.464 e. The fourth-order valence-corrected chi connectivity index (χ4v) is 1.37. The number of aromatic nitrogens is 1. The molecule has 0 aliphatic rings. The number of pyridine rings is 1. The van der Waals surface area contributed by atoms with Crippen molar-refractivity contribution in [1.82, 2.24) is 10.3 Å². The Morgan fingerprint density at radius 3 is 2.70 bits per heavy atom. The Morgan fingerprint density at radius 2 is 2.15 bits per heavy atom. The second-order valence-electron chi connectivity index (χ2n) is 3.66. The zero-order valence-electron chi connectivity index (χ0n) is 11.0. The third-order valence-corrected chi connectivity index (χ3v) is 2.39. The number of anilines is 1. The molecule has 1 heterocycles. The van der Waals surface area contributed by atoms with E-state index in [4.69, 9.17) is 0 Å². The maximum atomic E-state index is 11.3. The molecular weight excluding hydrogens is 268 g/mol. The molecule has 0 aliphatic carbocycles. The van der Waals surface area contributed by atoms with Gasteiger partial charge in [-0.1, -0.05) is 0 Å². The summed E-state index contributed by atoms with van der Waals surface area (Å²) >= 11 is 0. The topological polar surface area (TPSA) is 123 Å². The average molecular weight is 282 g/mol. The van der Waals surface area contributed by atoms with Crippen LogP contribution in [0.5, 0.6) is 0 Å². The van der Waals surface area contributed by atoms with Crippen molar-refractivity contribution in [2.45, 2.75) is 6.42 Å². The minimum absolute atomic E-state index is 0.0551. The average Bonchev–Trinajstić information content (AvgIpc) is 2.45. The van der Waals surface area contributed by atoms with Crippen LogP contribution in [0.1, 0.15) is 16.9 Å². The molecule has 9 heteroatoms. The summed E-state index contributed by atoms with van der Waals surface area (Å²) < 4.78 is 4.49. The van der Waals surface area contributed by atoms with Gasteiger partial charge in [-0.2, -0.15) is 0 Å². The Hall–Kier alpha value is -2.71. The van der Waals surface area contributed by atoms with Gasteiger partial charge >= 0.3 is 11.7 Å². The molecule has 20 heavy (non-hydrogen) atoms. The molecule has 1 aromatic heterocycles. The molecule has 1 aromatic rings. The van der Waals surface area contributed by atoms with Crippen molar-refractivity contribution >= 4 is 23.4 Å². The van der Waals surface area contributed by atoms with Crippen molar-refractivity contribution in [3.05, 3.63) is 27.9 Å². The molecule has 0 spiro atoms. The summed E-state index contributed by atoms with van der Waals surface area (Å²) in [5, 5.41) is 15.9. The predicted molar refractivity (Wildman–Crippen MR) is 69.4 cm³/mol. The highest BCUT2D eigenvalue weighted by molar-refractivity contribution is 5.88. The van der Waals surface area contributed by atoms with E-state index in [1.54, 1.807) is 0 Å². The highest BCUT2D eigenvalue weighted by Gasteiger charge is 2.18. The first-order valence-electron chi connectivity index (χ1n) is 5.67. The minimum atomic E-state index is -0.700. The number of methoxy groups -OCH3 is 1. The minimum Gasteiger partial charge on any atom is -0.464 e. The SMILES string of the molecule is CNC(=O)CCNc1nc(C(=O)OC)ccc1[N+](=O)[O-]. The molecule has 0 unspecified atom stereocenters. The van der Waals surface area contributed by atoms with Gasteiger partial charge in [-0.15, -0.1) is 0 Å². The predicted octanol–water partition coefficient (Wildman–Crippen LogP) is 0.324. The van der Waals surface area contributed by atoms with Crippen molar-refractivity contribution in [3.63, 3.8) is 0 Å². The highest BCUT2D eigenvalue weighted by atomic mass is 16.6. The van der Waals surface area contributed by atoms with E-state index in [0.29, 0.717) is 0 Å². The molecule has 2 N–H and O–H groups in total.